The summed E-state index contributed by atoms with van der Waals surface area (Å²) in [4.78, 5) is 11.0. The maximum absolute atomic E-state index is 5.67. The minimum Gasteiger partial charge on any atom is -0.326 e. The summed E-state index contributed by atoms with van der Waals surface area (Å²) in [6.07, 6.45) is 9.66. The van der Waals surface area contributed by atoms with Crippen molar-refractivity contribution in [2.24, 2.45) is 5.73 Å². The highest BCUT2D eigenvalue weighted by Gasteiger charge is 2.25. The van der Waals surface area contributed by atoms with E-state index in [0.717, 1.165) is 15.4 Å². The zero-order chi connectivity index (χ0) is 16.5. The van der Waals surface area contributed by atoms with Gasteiger partial charge in [-0.05, 0) is 25.0 Å². The third-order valence-corrected chi connectivity index (χ3v) is 4.99. The van der Waals surface area contributed by atoms with E-state index in [-0.39, 0.29) is 12.4 Å². The first-order chi connectivity index (χ1) is 11.8. The average molecular weight is 373 g/mol. The zero-order valence-electron chi connectivity index (χ0n) is 13.3. The van der Waals surface area contributed by atoms with Gasteiger partial charge < -0.3 is 11.1 Å². The molecule has 8 heteroatoms. The second-order valence-corrected chi connectivity index (χ2v) is 6.85. The van der Waals surface area contributed by atoms with E-state index in [0.29, 0.717) is 35.5 Å². The Hall–Kier alpha value is -2.40. The Morgan fingerprint density at radius 2 is 2.24 bits per heavy atom. The van der Waals surface area contributed by atoms with Crippen LogP contribution in [0.15, 0.2) is 24.4 Å². The lowest BCUT2D eigenvalue weighted by Crippen LogP contribution is -2.00. The van der Waals surface area contributed by atoms with Gasteiger partial charge in [0.2, 0.25) is 0 Å². The molecule has 0 amide bonds. The van der Waals surface area contributed by atoms with E-state index in [9.17, 15) is 0 Å². The summed E-state index contributed by atoms with van der Waals surface area (Å²) in [6, 6.07) is 5.97. The highest BCUT2D eigenvalue weighted by Crippen LogP contribution is 2.39. The van der Waals surface area contributed by atoms with Gasteiger partial charge in [-0.1, -0.05) is 5.92 Å². The standard InChI is InChI=1S/C17H16N6S.ClH/c1-2-10-9-19-17(14-6-5-12(8-18)24-14)21-16(10)20-15-7-13(22-23-15)11-3-4-11;/h1,5-7,9,11H,3-4,8,18H2,(H2,19,20,21,22,23);1H. The molecule has 0 atom stereocenters. The van der Waals surface area contributed by atoms with E-state index < -0.39 is 0 Å². The molecule has 0 unspecified atom stereocenters. The Kier molecular flexibility index (Phi) is 5.04. The van der Waals surface area contributed by atoms with Crippen molar-refractivity contribution in [2.75, 3.05) is 5.32 Å². The SMILES string of the molecule is C#Cc1cnc(-c2ccc(CN)s2)nc1Nc1cc(C2CC2)[nH]n1.Cl. The lowest BCUT2D eigenvalue weighted by molar-refractivity contribution is 0.966. The van der Waals surface area contributed by atoms with E-state index in [4.69, 9.17) is 12.2 Å². The molecular formula is C17H17ClN6S. The summed E-state index contributed by atoms with van der Waals surface area (Å²) in [6.45, 7) is 0.509. The minimum absolute atomic E-state index is 0. The number of thiophene rings is 1. The minimum atomic E-state index is 0. The van der Waals surface area contributed by atoms with Crippen molar-refractivity contribution in [1.82, 2.24) is 20.2 Å². The van der Waals surface area contributed by atoms with Crippen molar-refractivity contribution in [2.45, 2.75) is 25.3 Å². The molecule has 0 saturated heterocycles. The lowest BCUT2D eigenvalue weighted by Gasteiger charge is -2.06. The topological polar surface area (TPSA) is 92.5 Å². The van der Waals surface area contributed by atoms with Gasteiger partial charge in [-0.15, -0.1) is 30.2 Å². The number of nitrogens with one attached hydrogen (secondary N) is 2. The zero-order valence-corrected chi connectivity index (χ0v) is 15.0. The van der Waals surface area contributed by atoms with Crippen LogP contribution in [0.25, 0.3) is 10.7 Å². The first-order valence-corrected chi connectivity index (χ1v) is 8.53. The second kappa shape index (κ2) is 7.23. The highest BCUT2D eigenvalue weighted by molar-refractivity contribution is 7.15. The third-order valence-electron chi connectivity index (χ3n) is 3.89. The summed E-state index contributed by atoms with van der Waals surface area (Å²) >= 11 is 1.58. The molecule has 1 saturated carbocycles. The van der Waals surface area contributed by atoms with Crippen LogP contribution in [-0.2, 0) is 6.54 Å². The van der Waals surface area contributed by atoms with Crippen LogP contribution in [0.2, 0.25) is 0 Å². The Balaban J connectivity index is 0.00000182. The predicted octanol–water partition coefficient (Wildman–Crippen LogP) is 3.41. The van der Waals surface area contributed by atoms with Crippen molar-refractivity contribution in [1.29, 1.82) is 0 Å². The number of nitrogens with two attached hydrogens (primary N) is 1. The molecule has 3 aromatic rings. The normalized spacial score (nSPS) is 13.1. The highest BCUT2D eigenvalue weighted by atomic mass is 35.5. The van der Waals surface area contributed by atoms with Crippen LogP contribution >= 0.6 is 23.7 Å². The van der Waals surface area contributed by atoms with E-state index in [2.05, 4.69) is 31.4 Å². The molecule has 0 bridgehead atoms. The number of anilines is 2. The smallest absolute Gasteiger partial charge is 0.171 e. The van der Waals surface area contributed by atoms with Gasteiger partial charge in [0.25, 0.3) is 0 Å². The molecule has 1 aliphatic carbocycles. The summed E-state index contributed by atoms with van der Waals surface area (Å²) in [5.41, 5.74) is 7.42. The number of hydrogen-bond donors (Lipinski definition) is 3. The van der Waals surface area contributed by atoms with E-state index in [1.54, 1.807) is 17.5 Å². The van der Waals surface area contributed by atoms with Crippen molar-refractivity contribution in [3.05, 3.63) is 40.5 Å². The van der Waals surface area contributed by atoms with Crippen molar-refractivity contribution in [3.63, 3.8) is 0 Å². The largest absolute Gasteiger partial charge is 0.326 e. The molecule has 4 rings (SSSR count). The number of nitrogens with zero attached hydrogens (tertiary/aromatic N) is 3. The van der Waals surface area contributed by atoms with Gasteiger partial charge >= 0.3 is 0 Å². The molecule has 1 fully saturated rings. The fourth-order valence-electron chi connectivity index (χ4n) is 2.43. The molecular weight excluding hydrogens is 356 g/mol. The molecule has 128 valence electrons. The molecule has 3 heterocycles. The van der Waals surface area contributed by atoms with E-state index >= 15 is 0 Å². The molecule has 0 aliphatic heterocycles. The van der Waals surface area contributed by atoms with Crippen molar-refractivity contribution < 1.29 is 0 Å². The summed E-state index contributed by atoms with van der Waals surface area (Å²) < 4.78 is 0. The van der Waals surface area contributed by atoms with Gasteiger partial charge in [-0.3, -0.25) is 5.10 Å². The number of rotatable bonds is 5. The number of terminal acetylenes is 1. The van der Waals surface area contributed by atoms with Crippen molar-refractivity contribution >= 4 is 35.4 Å². The number of aromatic amines is 1. The van der Waals surface area contributed by atoms with Gasteiger partial charge in [0.1, 0.15) is 0 Å². The van der Waals surface area contributed by atoms with Crippen LogP contribution in [0, 0.1) is 12.3 Å². The summed E-state index contributed by atoms with van der Waals surface area (Å²) in [5, 5.41) is 10.6. The molecule has 0 spiro atoms. The van der Waals surface area contributed by atoms with Crippen LogP contribution in [0.4, 0.5) is 11.6 Å². The van der Waals surface area contributed by atoms with Gasteiger partial charge in [0, 0.05) is 35.3 Å². The second-order valence-electron chi connectivity index (χ2n) is 5.68. The molecule has 1 aliphatic rings. The average Bonchev–Trinajstić information content (AvgIpc) is 3.17. The van der Waals surface area contributed by atoms with Crippen molar-refractivity contribution in [3.8, 4) is 23.0 Å². The third kappa shape index (κ3) is 3.66. The van der Waals surface area contributed by atoms with Gasteiger partial charge in [-0.25, -0.2) is 9.97 Å². The molecule has 0 aromatic carbocycles. The van der Waals surface area contributed by atoms with Gasteiger partial charge in [-0.2, -0.15) is 5.10 Å². The summed E-state index contributed by atoms with van der Waals surface area (Å²) in [7, 11) is 0. The fraction of sp³-hybridized carbons (Fsp3) is 0.235. The monoisotopic (exact) mass is 372 g/mol. The molecule has 3 aromatic heterocycles. The number of aromatic nitrogens is 4. The van der Waals surface area contributed by atoms with Crippen LogP contribution in [0.1, 0.15) is 34.9 Å². The van der Waals surface area contributed by atoms with Crippen LogP contribution in [0.5, 0.6) is 0 Å². The quantitative estimate of drug-likeness (QED) is 0.597. The number of halogens is 1. The Morgan fingerprint density at radius 3 is 2.92 bits per heavy atom. The molecule has 4 N–H and O–H groups in total. The van der Waals surface area contributed by atoms with Crippen LogP contribution in [0.3, 0.4) is 0 Å². The predicted molar refractivity (Wildman–Crippen MR) is 102 cm³/mol. The van der Waals surface area contributed by atoms with Crippen LogP contribution in [-0.4, -0.2) is 20.2 Å². The molecule has 6 nitrogen and oxygen atoms in total. The van der Waals surface area contributed by atoms with Gasteiger partial charge in [0.15, 0.2) is 17.5 Å². The Labute approximate surface area is 155 Å². The lowest BCUT2D eigenvalue weighted by atomic mass is 10.3. The Bertz CT molecular complexity index is 921. The van der Waals surface area contributed by atoms with E-state index in [1.807, 2.05) is 18.2 Å². The first-order valence-electron chi connectivity index (χ1n) is 7.72. The van der Waals surface area contributed by atoms with Gasteiger partial charge in [0.05, 0.1) is 10.4 Å². The van der Waals surface area contributed by atoms with Crippen LogP contribution < -0.4 is 11.1 Å². The summed E-state index contributed by atoms with van der Waals surface area (Å²) in [5.74, 6) is 5.14. The fourth-order valence-corrected chi connectivity index (χ4v) is 3.26. The Morgan fingerprint density at radius 1 is 1.40 bits per heavy atom. The number of H-pyrrole nitrogens is 1. The first kappa shape index (κ1) is 17.4. The molecule has 25 heavy (non-hydrogen) atoms. The molecule has 0 radical (unpaired) electrons. The maximum Gasteiger partial charge on any atom is 0.171 e. The number of hydrogen-bond acceptors (Lipinski definition) is 6. The maximum atomic E-state index is 5.67. The van der Waals surface area contributed by atoms with E-state index in [1.165, 1.54) is 12.8 Å².